The number of amides is 1. The van der Waals surface area contributed by atoms with Crippen molar-refractivity contribution in [3.63, 3.8) is 0 Å². The molecule has 0 aromatic heterocycles. The molecule has 4 heteroatoms. The van der Waals surface area contributed by atoms with E-state index in [2.05, 4.69) is 84.9 Å². The number of hydrogen-bond acceptors (Lipinski definition) is 2. The van der Waals surface area contributed by atoms with Gasteiger partial charge >= 0.3 is 6.09 Å². The number of benzene rings is 4. The van der Waals surface area contributed by atoms with Crippen molar-refractivity contribution in [3.8, 4) is 0 Å². The Morgan fingerprint density at radius 2 is 1.00 bits per heavy atom. The molecule has 1 amide bonds. The largest absolute Gasteiger partial charge is 0.444 e. The molecule has 0 radical (unpaired) electrons. The average Bonchev–Trinajstić information content (AvgIpc) is 2.85. The van der Waals surface area contributed by atoms with E-state index in [1.807, 2.05) is 61.7 Å². The van der Waals surface area contributed by atoms with Crippen LogP contribution >= 0.6 is 0 Å². The van der Waals surface area contributed by atoms with Gasteiger partial charge in [-0.2, -0.15) is 0 Å². The molecule has 0 aliphatic heterocycles. The summed E-state index contributed by atoms with van der Waals surface area (Å²) in [7, 11) is -3.04. The Morgan fingerprint density at radius 3 is 1.35 bits per heavy atom. The predicted molar refractivity (Wildman–Crippen MR) is 142 cm³/mol. The summed E-state index contributed by atoms with van der Waals surface area (Å²) in [5.74, 6) is 0. The minimum atomic E-state index is -3.04. The van der Waals surface area contributed by atoms with Gasteiger partial charge in [0.1, 0.15) is 5.60 Å². The van der Waals surface area contributed by atoms with Gasteiger partial charge in [-0.25, -0.2) is 4.79 Å². The van der Waals surface area contributed by atoms with Crippen molar-refractivity contribution in [2.24, 2.45) is 0 Å². The number of carbonyl (C=O) groups is 1. The zero-order valence-electron chi connectivity index (χ0n) is 20.0. The maximum Gasteiger partial charge on any atom is 0.403 e. The molecule has 0 fully saturated rings. The summed E-state index contributed by atoms with van der Waals surface area (Å²) in [5.41, 5.74) is 0.448. The van der Waals surface area contributed by atoms with E-state index in [0.717, 1.165) is 21.1 Å². The Kier molecular flexibility index (Phi) is 6.99. The van der Waals surface area contributed by atoms with E-state index in [1.165, 1.54) is 0 Å². The summed E-state index contributed by atoms with van der Waals surface area (Å²) in [6, 6.07) is 41.4. The van der Waals surface area contributed by atoms with E-state index in [1.54, 1.807) is 0 Å². The zero-order chi connectivity index (χ0) is 24.0. The van der Waals surface area contributed by atoms with Crippen LogP contribution < -0.4 is 15.6 Å². The lowest BCUT2D eigenvalue weighted by Crippen LogP contribution is -2.78. The zero-order valence-corrected chi connectivity index (χ0v) is 21.0. The Labute approximate surface area is 203 Å². The van der Waals surface area contributed by atoms with Crippen LogP contribution in [0.3, 0.4) is 0 Å². The molecule has 172 valence electrons. The van der Waals surface area contributed by atoms with Crippen molar-refractivity contribution < 1.29 is 9.53 Å². The van der Waals surface area contributed by atoms with Gasteiger partial charge in [-0.15, -0.1) is 0 Å². The average molecular weight is 466 g/mol. The number of ether oxygens (including phenoxy) is 1. The minimum Gasteiger partial charge on any atom is -0.444 e. The molecule has 3 nitrogen and oxygen atoms in total. The van der Waals surface area contributed by atoms with Crippen molar-refractivity contribution in [2.45, 2.75) is 32.9 Å². The Balaban J connectivity index is 2.04. The quantitative estimate of drug-likeness (QED) is 0.293. The van der Waals surface area contributed by atoms with Crippen molar-refractivity contribution in [1.82, 2.24) is 4.57 Å². The smallest absolute Gasteiger partial charge is 0.403 e. The van der Waals surface area contributed by atoms with Gasteiger partial charge in [0.25, 0.3) is 8.24 Å². The summed E-state index contributed by atoms with van der Waals surface area (Å²) < 4.78 is 8.07. The molecular formula is C30H31NO2Si. The molecule has 4 aromatic rings. The molecule has 0 bridgehead atoms. The van der Waals surface area contributed by atoms with Gasteiger partial charge in [-0.05, 0) is 41.9 Å². The molecule has 0 aliphatic rings. The highest BCUT2D eigenvalue weighted by atomic mass is 28.3. The van der Waals surface area contributed by atoms with E-state index in [-0.39, 0.29) is 6.09 Å². The van der Waals surface area contributed by atoms with Crippen molar-refractivity contribution in [3.05, 3.63) is 127 Å². The summed E-state index contributed by atoms with van der Waals surface area (Å²) in [5, 5.41) is 3.40. The molecule has 4 rings (SSSR count). The fourth-order valence-corrected chi connectivity index (χ4v) is 9.11. The third-order valence-electron chi connectivity index (χ3n) is 5.78. The molecule has 0 unspecified atom stereocenters. The van der Waals surface area contributed by atoms with E-state index < -0.39 is 13.8 Å². The third-order valence-corrected chi connectivity index (χ3v) is 10.4. The van der Waals surface area contributed by atoms with Crippen LogP contribution in [0, 0.1) is 0 Å². The van der Waals surface area contributed by atoms with Crippen LogP contribution in [0.4, 0.5) is 4.79 Å². The Hall–Kier alpha value is -3.63. The van der Waals surface area contributed by atoms with Crippen molar-refractivity contribution in [1.29, 1.82) is 0 Å². The van der Waals surface area contributed by atoms with Crippen LogP contribution in [0.1, 0.15) is 26.3 Å². The molecule has 0 saturated carbocycles. The van der Waals surface area contributed by atoms with Crippen LogP contribution in [0.5, 0.6) is 0 Å². The molecule has 0 spiro atoms. The first-order valence-electron chi connectivity index (χ1n) is 11.6. The van der Waals surface area contributed by atoms with Crippen molar-refractivity contribution >= 4 is 29.9 Å². The fraction of sp³-hybridized carbons (Fsp3) is 0.167. The normalized spacial score (nSPS) is 11.6. The molecular weight excluding hydrogens is 434 g/mol. The molecule has 0 atom stereocenters. The number of hydrogen-bond donors (Lipinski definition) is 0. The second-order valence-electron chi connectivity index (χ2n) is 9.36. The van der Waals surface area contributed by atoms with Crippen LogP contribution in [0.2, 0.25) is 0 Å². The van der Waals surface area contributed by atoms with E-state index in [9.17, 15) is 4.79 Å². The van der Waals surface area contributed by atoms with Gasteiger partial charge in [-0.1, -0.05) is 121 Å². The van der Waals surface area contributed by atoms with E-state index >= 15 is 0 Å². The number of rotatable bonds is 6. The van der Waals surface area contributed by atoms with Crippen molar-refractivity contribution in [2.75, 3.05) is 0 Å². The van der Waals surface area contributed by atoms with Gasteiger partial charge < -0.3 is 9.30 Å². The molecule has 0 aliphatic carbocycles. The highest BCUT2D eigenvalue weighted by molar-refractivity contribution is 7.10. The lowest BCUT2D eigenvalue weighted by molar-refractivity contribution is 0.0370. The highest BCUT2D eigenvalue weighted by Crippen LogP contribution is 2.21. The van der Waals surface area contributed by atoms with Crippen LogP contribution in [-0.4, -0.2) is 24.5 Å². The minimum absolute atomic E-state index is 0.306. The Morgan fingerprint density at radius 1 is 0.647 bits per heavy atom. The van der Waals surface area contributed by atoms with E-state index in [0.29, 0.717) is 6.54 Å². The molecule has 4 aromatic carbocycles. The predicted octanol–water partition coefficient (Wildman–Crippen LogP) is 5.09. The van der Waals surface area contributed by atoms with E-state index in [4.69, 9.17) is 4.74 Å². The molecule has 0 heterocycles. The molecule has 34 heavy (non-hydrogen) atoms. The summed E-state index contributed by atoms with van der Waals surface area (Å²) >= 11 is 0. The molecule has 0 N–H and O–H groups in total. The SMILES string of the molecule is CC(C)(C)OC(=O)N(Cc1ccccc1)[Si](c1ccccc1)(c1ccccc1)c1ccccc1. The first kappa shape index (κ1) is 23.5. The number of carbonyl (C=O) groups excluding carboxylic acids is 1. The third kappa shape index (κ3) is 4.97. The topological polar surface area (TPSA) is 29.5 Å². The second-order valence-corrected chi connectivity index (χ2v) is 13.1. The Bertz CT molecular complexity index is 1090. The van der Waals surface area contributed by atoms with Crippen LogP contribution in [-0.2, 0) is 11.3 Å². The van der Waals surface area contributed by atoms with Gasteiger partial charge in [0.2, 0.25) is 0 Å². The highest BCUT2D eigenvalue weighted by Gasteiger charge is 2.49. The van der Waals surface area contributed by atoms with Gasteiger partial charge in [0.05, 0.1) is 0 Å². The maximum atomic E-state index is 14.1. The molecule has 0 saturated heterocycles. The first-order valence-corrected chi connectivity index (χ1v) is 13.6. The lowest BCUT2D eigenvalue weighted by Gasteiger charge is -2.43. The maximum absolute atomic E-state index is 14.1. The first-order chi connectivity index (χ1) is 16.4. The van der Waals surface area contributed by atoms with Gasteiger partial charge in [-0.3, -0.25) is 0 Å². The van der Waals surface area contributed by atoms with Gasteiger partial charge in [0, 0.05) is 6.54 Å². The lowest BCUT2D eigenvalue weighted by atomic mass is 10.2. The van der Waals surface area contributed by atoms with Gasteiger partial charge in [0.15, 0.2) is 0 Å². The standard InChI is InChI=1S/C30H31NO2Si/c1-30(2,3)33-29(32)31(24-25-16-8-4-9-17-25)34(26-18-10-5-11-19-26,27-20-12-6-13-21-27)28-22-14-7-15-23-28/h4-23H,24H2,1-3H3. The summed E-state index contributed by atoms with van der Waals surface area (Å²) in [4.78, 5) is 14.1. The second kappa shape index (κ2) is 10.1. The monoisotopic (exact) mass is 465 g/mol. The fourth-order valence-electron chi connectivity index (χ4n) is 4.41. The number of nitrogens with zero attached hydrogens (tertiary/aromatic N) is 1. The van der Waals surface area contributed by atoms with Crippen LogP contribution in [0.25, 0.3) is 0 Å². The van der Waals surface area contributed by atoms with Crippen LogP contribution in [0.15, 0.2) is 121 Å². The summed E-state index contributed by atoms with van der Waals surface area (Å²) in [6.45, 7) is 6.20. The summed E-state index contributed by atoms with van der Waals surface area (Å²) in [6.07, 6.45) is -0.306.